The van der Waals surface area contributed by atoms with Gasteiger partial charge in [0.15, 0.2) is 35.1 Å². The van der Waals surface area contributed by atoms with Gasteiger partial charge in [-0.3, -0.25) is 9.59 Å². The summed E-state index contributed by atoms with van der Waals surface area (Å²) in [7, 11) is 2.18. The summed E-state index contributed by atoms with van der Waals surface area (Å²) < 4.78 is 108. The number of ether oxygens (including phenoxy) is 6. The number of nitrogen functional groups attached to an aromatic ring is 2. The monoisotopic (exact) mass is 1090 g/mol. The Kier molecular flexibility index (Phi) is 20.3. The Labute approximate surface area is 442 Å². The van der Waals surface area contributed by atoms with Crippen LogP contribution in [0.3, 0.4) is 0 Å². The van der Waals surface area contributed by atoms with Crippen molar-refractivity contribution < 1.29 is 94.4 Å². The zero-order valence-electron chi connectivity index (χ0n) is 41.7. The average molecular weight is 1090 g/mol. The standard InChI is InChI=1S/C53H44F6N2O12.C3H8O2/c1-68-43-7-3-5-41(46(43)72-52(54,55)56)48(64)70-39-24-14-32(15-25-39)13-23-38(62)31-50(29-34-9-19-36(60)20-10-34,30-35-11-21-37(61)22-12-35)51(66,67)45(63)28-18-33-16-26-40(27-17-33)71-49(65)42-6-4-8-44(69-2)47(42)73-53(57,58)59;1-2-3(4)5/h3-28,66-67H,29-31,60-61H2,1-2H3;3-5H,2H2,1H3/b23-13+,28-18+;. The van der Waals surface area contributed by atoms with Crippen LogP contribution in [-0.4, -0.2) is 83.0 Å². The first-order chi connectivity index (χ1) is 36.7. The lowest BCUT2D eigenvalue weighted by molar-refractivity contribution is -0.276. The molecule has 0 aliphatic rings. The molecule has 0 aromatic heterocycles. The largest absolute Gasteiger partial charge is 0.573 e. The first kappa shape index (κ1) is 60.2. The van der Waals surface area contributed by atoms with Gasteiger partial charge >= 0.3 is 24.7 Å². The van der Waals surface area contributed by atoms with Gasteiger partial charge in [-0.15, -0.1) is 26.3 Å². The second-order valence-corrected chi connectivity index (χ2v) is 17.0. The smallest absolute Gasteiger partial charge is 0.493 e. The minimum absolute atomic E-state index is 0.0852. The molecule has 0 saturated carbocycles. The molecule has 0 spiro atoms. The van der Waals surface area contributed by atoms with Crippen molar-refractivity contribution in [3.05, 3.63) is 179 Å². The predicted octanol–water partition coefficient (Wildman–Crippen LogP) is 9.22. The molecule has 6 rings (SSSR count). The van der Waals surface area contributed by atoms with E-state index >= 15 is 0 Å². The Balaban J connectivity index is 0.00000214. The van der Waals surface area contributed by atoms with Crippen LogP contribution in [0.15, 0.2) is 146 Å². The van der Waals surface area contributed by atoms with Gasteiger partial charge in [0, 0.05) is 23.2 Å². The van der Waals surface area contributed by atoms with Crippen LogP contribution in [0.4, 0.5) is 37.7 Å². The molecule has 6 aromatic rings. The Morgan fingerprint density at radius 1 is 0.564 bits per heavy atom. The highest BCUT2D eigenvalue weighted by molar-refractivity contribution is 6.01. The van der Waals surface area contributed by atoms with Gasteiger partial charge in [0.25, 0.3) is 0 Å². The summed E-state index contributed by atoms with van der Waals surface area (Å²) in [6, 6.07) is 30.4. The third kappa shape index (κ3) is 17.2. The topological polar surface area (TPSA) is 257 Å². The molecule has 0 amide bonds. The van der Waals surface area contributed by atoms with Gasteiger partial charge in [0.2, 0.25) is 11.6 Å². The fraction of sp³-hybridized carbons (Fsp3) is 0.214. The Bertz CT molecular complexity index is 3020. The number of ketones is 2. The molecule has 0 heterocycles. The number of carbonyl (C=O) groups is 4. The molecule has 0 aliphatic heterocycles. The number of hydrogen-bond donors (Lipinski definition) is 6. The number of methoxy groups -OCH3 is 2. The Morgan fingerprint density at radius 3 is 1.28 bits per heavy atom. The van der Waals surface area contributed by atoms with E-state index in [0.717, 1.165) is 44.6 Å². The zero-order chi connectivity index (χ0) is 57.4. The van der Waals surface area contributed by atoms with Gasteiger partial charge in [-0.05, 0) is 126 Å². The Hall–Kier alpha value is -8.70. The molecule has 0 fully saturated rings. The van der Waals surface area contributed by atoms with Crippen molar-refractivity contribution in [1.82, 2.24) is 0 Å². The van der Waals surface area contributed by atoms with Crippen molar-refractivity contribution >= 4 is 47.0 Å². The van der Waals surface area contributed by atoms with Crippen molar-refractivity contribution in [2.24, 2.45) is 5.41 Å². The number of para-hydroxylation sites is 2. The SMILES string of the molecule is CCC(O)O.COc1cccc(C(=O)Oc2ccc(/C=C/C(=O)CC(Cc3ccc(N)cc3)(Cc3ccc(N)cc3)C(O)(O)C(=O)/C=C/c3ccc(OC(=O)c4cccc(OC)c4OC(F)(F)F)cc3)cc2)c1OC(F)(F)F. The van der Waals surface area contributed by atoms with Gasteiger partial charge in [-0.1, -0.05) is 79.7 Å². The minimum Gasteiger partial charge on any atom is -0.493 e. The van der Waals surface area contributed by atoms with E-state index < -0.39 is 82.8 Å². The lowest BCUT2D eigenvalue weighted by atomic mass is 9.65. The number of esters is 2. The van der Waals surface area contributed by atoms with E-state index in [1.54, 1.807) is 55.5 Å². The summed E-state index contributed by atoms with van der Waals surface area (Å²) in [5, 5.41) is 40.2. The van der Waals surface area contributed by atoms with Gasteiger partial charge in [0.1, 0.15) is 22.6 Å². The van der Waals surface area contributed by atoms with E-state index in [9.17, 15) is 55.7 Å². The number of aliphatic hydroxyl groups is 4. The van der Waals surface area contributed by atoms with Gasteiger partial charge in [-0.2, -0.15) is 0 Å². The normalized spacial score (nSPS) is 11.9. The second kappa shape index (κ2) is 26.4. The van der Waals surface area contributed by atoms with Crippen LogP contribution in [0.2, 0.25) is 0 Å². The predicted molar refractivity (Wildman–Crippen MR) is 272 cm³/mol. The van der Waals surface area contributed by atoms with Gasteiger partial charge in [0.05, 0.1) is 14.2 Å². The maximum atomic E-state index is 14.2. The summed E-state index contributed by atoms with van der Waals surface area (Å²) in [5.74, 6) is -10.4. The van der Waals surface area contributed by atoms with E-state index in [-0.39, 0.29) is 41.4 Å². The number of hydrogen-bond acceptors (Lipinski definition) is 16. The van der Waals surface area contributed by atoms with Crippen molar-refractivity contribution in [1.29, 1.82) is 0 Å². The summed E-state index contributed by atoms with van der Waals surface area (Å²) in [6.45, 7) is 1.70. The van der Waals surface area contributed by atoms with Crippen molar-refractivity contribution in [3.63, 3.8) is 0 Å². The molecule has 78 heavy (non-hydrogen) atoms. The molecule has 0 atom stereocenters. The third-order valence-corrected chi connectivity index (χ3v) is 11.3. The molecule has 0 aliphatic carbocycles. The van der Waals surface area contributed by atoms with Crippen molar-refractivity contribution in [2.75, 3.05) is 25.7 Å². The molecule has 412 valence electrons. The zero-order valence-corrected chi connectivity index (χ0v) is 41.7. The fourth-order valence-electron chi connectivity index (χ4n) is 7.48. The van der Waals surface area contributed by atoms with Crippen LogP contribution >= 0.6 is 0 Å². The maximum absolute atomic E-state index is 14.2. The lowest BCUT2D eigenvalue weighted by Gasteiger charge is -2.42. The number of alkyl halides is 6. The van der Waals surface area contributed by atoms with Gasteiger partial charge < -0.3 is 60.3 Å². The minimum atomic E-state index is -5.16. The molecular weight excluding hydrogens is 1040 g/mol. The second-order valence-electron chi connectivity index (χ2n) is 17.0. The van der Waals surface area contributed by atoms with E-state index in [1.165, 1.54) is 78.9 Å². The van der Waals surface area contributed by atoms with E-state index in [2.05, 4.69) is 9.47 Å². The van der Waals surface area contributed by atoms with Crippen LogP contribution in [0.5, 0.6) is 34.5 Å². The highest BCUT2D eigenvalue weighted by Gasteiger charge is 2.54. The fourth-order valence-corrected chi connectivity index (χ4v) is 7.48. The number of anilines is 2. The number of aliphatic hydroxyl groups excluding tert-OH is 1. The van der Waals surface area contributed by atoms with Gasteiger partial charge in [-0.25, -0.2) is 9.59 Å². The Morgan fingerprint density at radius 2 is 0.936 bits per heavy atom. The number of carbonyl (C=O) groups excluding carboxylic acids is 4. The number of nitrogens with two attached hydrogens (primary N) is 2. The van der Waals surface area contributed by atoms with Crippen LogP contribution in [0.1, 0.15) is 62.7 Å². The average Bonchev–Trinajstić information content (AvgIpc) is 3.49. The molecule has 16 nitrogen and oxygen atoms in total. The molecule has 22 heteroatoms. The van der Waals surface area contributed by atoms with E-state index in [0.29, 0.717) is 34.5 Å². The number of rotatable bonds is 21. The van der Waals surface area contributed by atoms with E-state index in [4.69, 9.17) is 40.6 Å². The molecule has 8 N–H and O–H groups in total. The van der Waals surface area contributed by atoms with Crippen LogP contribution < -0.4 is 39.9 Å². The number of halogens is 6. The highest BCUT2D eigenvalue weighted by Crippen LogP contribution is 2.43. The molecule has 0 bridgehead atoms. The van der Waals surface area contributed by atoms with Crippen LogP contribution in [0, 0.1) is 5.41 Å². The van der Waals surface area contributed by atoms with E-state index in [1.807, 2.05) is 0 Å². The summed E-state index contributed by atoms with van der Waals surface area (Å²) >= 11 is 0. The maximum Gasteiger partial charge on any atom is 0.573 e. The quantitative estimate of drug-likeness (QED) is 0.00980. The van der Waals surface area contributed by atoms with Crippen molar-refractivity contribution in [2.45, 2.75) is 57.4 Å². The van der Waals surface area contributed by atoms with Crippen molar-refractivity contribution in [3.8, 4) is 34.5 Å². The first-order valence-electron chi connectivity index (χ1n) is 23.2. The number of benzene rings is 6. The third-order valence-electron chi connectivity index (χ3n) is 11.3. The summed E-state index contributed by atoms with van der Waals surface area (Å²) in [5.41, 5.74) is 11.1. The lowest BCUT2D eigenvalue weighted by Crippen LogP contribution is -2.57. The van der Waals surface area contributed by atoms with Crippen LogP contribution in [-0.2, 0) is 22.4 Å². The first-order valence-corrected chi connectivity index (χ1v) is 23.2. The highest BCUT2D eigenvalue weighted by atomic mass is 19.4. The number of allylic oxidation sites excluding steroid dienone is 1. The molecule has 6 aromatic carbocycles. The summed E-state index contributed by atoms with van der Waals surface area (Å²) in [4.78, 5) is 54.2. The molecule has 0 saturated heterocycles. The molecule has 0 unspecified atom stereocenters. The molecular formula is C56H52F6N2O14. The summed E-state index contributed by atoms with van der Waals surface area (Å²) in [6.07, 6.45) is -7.58. The molecule has 0 radical (unpaired) electrons. The van der Waals surface area contributed by atoms with Crippen LogP contribution in [0.25, 0.3) is 12.2 Å².